The minimum Gasteiger partial charge on any atom is -0.464 e. The number of aromatic nitrogens is 2. The lowest BCUT2D eigenvalue weighted by Gasteiger charge is -2.22. The lowest BCUT2D eigenvalue weighted by Crippen LogP contribution is -2.48. The highest BCUT2D eigenvalue weighted by Crippen LogP contribution is 2.07. The molecule has 6 nitrogen and oxygen atoms in total. The molecule has 94 valence electrons. The average molecular weight is 240 g/mol. The highest BCUT2D eigenvalue weighted by atomic mass is 16.5. The van der Waals surface area contributed by atoms with Crippen LogP contribution in [0.25, 0.3) is 0 Å². The third-order valence-corrected chi connectivity index (χ3v) is 2.39. The van der Waals surface area contributed by atoms with Gasteiger partial charge in [0.05, 0.1) is 7.11 Å². The van der Waals surface area contributed by atoms with Crippen molar-refractivity contribution in [3.05, 3.63) is 32.6 Å². The quantitative estimate of drug-likeness (QED) is 0.652. The summed E-state index contributed by atoms with van der Waals surface area (Å²) in [6.07, 6.45) is 0. The number of hydrogen-bond acceptors (Lipinski definition) is 4. The molecule has 1 aromatic rings. The van der Waals surface area contributed by atoms with E-state index in [9.17, 15) is 14.4 Å². The Morgan fingerprint density at radius 3 is 2.24 bits per heavy atom. The molecule has 0 saturated carbocycles. The van der Waals surface area contributed by atoms with Crippen LogP contribution < -0.4 is 11.2 Å². The van der Waals surface area contributed by atoms with Crippen molar-refractivity contribution >= 4 is 5.97 Å². The van der Waals surface area contributed by atoms with Crippen LogP contribution in [0.4, 0.5) is 0 Å². The Balaban J connectivity index is 3.66. The Morgan fingerprint density at radius 1 is 1.29 bits per heavy atom. The van der Waals surface area contributed by atoms with Gasteiger partial charge in [0, 0.05) is 18.7 Å². The van der Waals surface area contributed by atoms with Crippen LogP contribution in [0.5, 0.6) is 0 Å². The van der Waals surface area contributed by atoms with E-state index in [2.05, 4.69) is 4.74 Å². The number of hydrogen-bond donors (Lipinski definition) is 0. The molecular formula is C11H16N2O4. The molecular weight excluding hydrogens is 224 g/mol. The maximum Gasteiger partial charge on any atom is 0.355 e. The van der Waals surface area contributed by atoms with Gasteiger partial charge < -0.3 is 4.74 Å². The number of carbonyl (C=O) groups excluding carboxylic acids is 1. The fourth-order valence-electron chi connectivity index (χ4n) is 1.54. The molecule has 1 rings (SSSR count). The average Bonchev–Trinajstić information content (AvgIpc) is 2.20. The van der Waals surface area contributed by atoms with E-state index in [0.717, 1.165) is 15.2 Å². The minimum absolute atomic E-state index is 0.0528. The van der Waals surface area contributed by atoms with Crippen molar-refractivity contribution < 1.29 is 9.53 Å². The predicted molar refractivity (Wildman–Crippen MR) is 62.3 cm³/mol. The number of ether oxygens (including phenoxy) is 1. The first kappa shape index (κ1) is 13.2. The fraction of sp³-hybridized carbons (Fsp3) is 0.545. The summed E-state index contributed by atoms with van der Waals surface area (Å²) < 4.78 is 6.71. The first-order valence-corrected chi connectivity index (χ1v) is 5.12. The zero-order valence-electron chi connectivity index (χ0n) is 10.6. The molecule has 0 aliphatic heterocycles. The number of rotatable bonds is 1. The van der Waals surface area contributed by atoms with Gasteiger partial charge in [-0.3, -0.25) is 13.9 Å². The molecule has 0 aromatic carbocycles. The van der Waals surface area contributed by atoms with Gasteiger partial charge in [-0.25, -0.2) is 9.59 Å². The molecule has 0 aliphatic rings. The highest BCUT2D eigenvalue weighted by Gasteiger charge is 2.22. The maximum absolute atomic E-state index is 12.0. The van der Waals surface area contributed by atoms with Gasteiger partial charge in [0.1, 0.15) is 5.69 Å². The number of carbonyl (C=O) groups is 1. The monoisotopic (exact) mass is 240 g/mol. The van der Waals surface area contributed by atoms with E-state index in [-0.39, 0.29) is 5.69 Å². The summed E-state index contributed by atoms with van der Waals surface area (Å²) >= 11 is 0. The van der Waals surface area contributed by atoms with Crippen molar-refractivity contribution in [1.82, 2.24) is 9.13 Å². The van der Waals surface area contributed by atoms with Crippen molar-refractivity contribution in [3.63, 3.8) is 0 Å². The summed E-state index contributed by atoms with van der Waals surface area (Å²) in [5.41, 5.74) is -1.74. The van der Waals surface area contributed by atoms with Gasteiger partial charge in [-0.1, -0.05) is 0 Å². The predicted octanol–water partition coefficient (Wildman–Crippen LogP) is 0.0886. The molecule has 0 spiro atoms. The first-order chi connectivity index (χ1) is 7.70. The molecule has 0 bridgehead atoms. The molecule has 0 saturated heterocycles. The van der Waals surface area contributed by atoms with Crippen LogP contribution in [0.3, 0.4) is 0 Å². The molecule has 0 radical (unpaired) electrons. The van der Waals surface area contributed by atoms with Crippen LogP contribution in [0.1, 0.15) is 31.3 Å². The summed E-state index contributed by atoms with van der Waals surface area (Å²) in [4.78, 5) is 35.2. The molecule has 0 aliphatic carbocycles. The largest absolute Gasteiger partial charge is 0.464 e. The number of nitrogens with zero attached hydrogens (tertiary/aromatic N) is 2. The fourth-order valence-corrected chi connectivity index (χ4v) is 1.54. The van der Waals surface area contributed by atoms with E-state index < -0.39 is 22.8 Å². The van der Waals surface area contributed by atoms with Gasteiger partial charge in [0.2, 0.25) is 0 Å². The maximum atomic E-state index is 12.0. The molecule has 0 atom stereocenters. The van der Waals surface area contributed by atoms with E-state index in [0.29, 0.717) is 0 Å². The standard InChI is InChI=1S/C11H16N2O4/c1-11(2,3)13-8(14)6-7(9(15)17-5)12(4)10(13)16/h6H,1-5H3. The third kappa shape index (κ3) is 2.30. The van der Waals surface area contributed by atoms with Crippen LogP contribution in [-0.2, 0) is 17.3 Å². The second-order valence-corrected chi connectivity index (χ2v) is 4.71. The Kier molecular flexibility index (Phi) is 3.26. The van der Waals surface area contributed by atoms with Crippen LogP contribution in [0.2, 0.25) is 0 Å². The van der Waals surface area contributed by atoms with Crippen molar-refractivity contribution in [2.75, 3.05) is 7.11 Å². The lowest BCUT2D eigenvalue weighted by atomic mass is 10.1. The number of esters is 1. The molecule has 0 amide bonds. The normalized spacial score (nSPS) is 11.4. The third-order valence-electron chi connectivity index (χ3n) is 2.39. The zero-order chi connectivity index (χ0) is 13.4. The van der Waals surface area contributed by atoms with E-state index in [4.69, 9.17) is 0 Å². The summed E-state index contributed by atoms with van der Waals surface area (Å²) in [6, 6.07) is 1.11. The van der Waals surface area contributed by atoms with Gasteiger partial charge in [-0.15, -0.1) is 0 Å². The summed E-state index contributed by atoms with van der Waals surface area (Å²) in [7, 11) is 2.62. The zero-order valence-corrected chi connectivity index (χ0v) is 10.6. The lowest BCUT2D eigenvalue weighted by molar-refractivity contribution is 0.0586. The van der Waals surface area contributed by atoms with Gasteiger partial charge in [0.25, 0.3) is 5.56 Å². The van der Waals surface area contributed by atoms with Gasteiger partial charge in [-0.05, 0) is 20.8 Å². The molecule has 1 aromatic heterocycles. The van der Waals surface area contributed by atoms with E-state index >= 15 is 0 Å². The molecule has 6 heteroatoms. The first-order valence-electron chi connectivity index (χ1n) is 5.12. The van der Waals surface area contributed by atoms with Gasteiger partial charge in [-0.2, -0.15) is 0 Å². The SMILES string of the molecule is COC(=O)c1cc(=O)n(C(C)(C)C)c(=O)n1C. The highest BCUT2D eigenvalue weighted by molar-refractivity contribution is 5.87. The minimum atomic E-state index is -0.706. The van der Waals surface area contributed by atoms with Crippen LogP contribution in [0.15, 0.2) is 15.7 Å². The Hall–Kier alpha value is -1.85. The molecule has 0 N–H and O–H groups in total. The second-order valence-electron chi connectivity index (χ2n) is 4.71. The van der Waals surface area contributed by atoms with Crippen molar-refractivity contribution in [2.24, 2.45) is 7.05 Å². The smallest absolute Gasteiger partial charge is 0.355 e. The van der Waals surface area contributed by atoms with E-state index in [1.54, 1.807) is 20.8 Å². The van der Waals surface area contributed by atoms with E-state index in [1.165, 1.54) is 14.2 Å². The Labute approximate surface area is 98.4 Å². The van der Waals surface area contributed by atoms with Crippen LogP contribution >= 0.6 is 0 Å². The van der Waals surface area contributed by atoms with E-state index in [1.807, 2.05) is 0 Å². The Bertz CT molecular complexity index is 560. The topological polar surface area (TPSA) is 70.3 Å². The van der Waals surface area contributed by atoms with Crippen molar-refractivity contribution in [1.29, 1.82) is 0 Å². The molecule has 0 unspecified atom stereocenters. The van der Waals surface area contributed by atoms with Crippen LogP contribution in [0, 0.1) is 0 Å². The van der Waals surface area contributed by atoms with Crippen molar-refractivity contribution in [3.8, 4) is 0 Å². The molecule has 1 heterocycles. The Morgan fingerprint density at radius 2 is 1.82 bits per heavy atom. The van der Waals surface area contributed by atoms with Gasteiger partial charge >= 0.3 is 11.7 Å². The summed E-state index contributed by atoms with van der Waals surface area (Å²) in [5.74, 6) is -0.706. The molecule has 0 fully saturated rings. The van der Waals surface area contributed by atoms with Crippen molar-refractivity contribution in [2.45, 2.75) is 26.3 Å². The number of methoxy groups -OCH3 is 1. The van der Waals surface area contributed by atoms with Crippen LogP contribution in [-0.4, -0.2) is 22.2 Å². The molecule has 17 heavy (non-hydrogen) atoms. The summed E-state index contributed by atoms with van der Waals surface area (Å²) in [6.45, 7) is 5.23. The summed E-state index contributed by atoms with van der Waals surface area (Å²) in [5, 5.41) is 0. The second kappa shape index (κ2) is 4.20. The van der Waals surface area contributed by atoms with Gasteiger partial charge in [0.15, 0.2) is 0 Å².